The van der Waals surface area contributed by atoms with Crippen LogP contribution in [0.15, 0.2) is 48.5 Å². The lowest BCUT2D eigenvalue weighted by molar-refractivity contribution is -0.126. The van der Waals surface area contributed by atoms with Gasteiger partial charge in [0.2, 0.25) is 5.91 Å². The van der Waals surface area contributed by atoms with Crippen LogP contribution < -0.4 is 5.32 Å². The molecule has 1 aliphatic rings. The smallest absolute Gasteiger partial charge is 0.256 e. The van der Waals surface area contributed by atoms with E-state index >= 15 is 0 Å². The van der Waals surface area contributed by atoms with Gasteiger partial charge in [-0.2, -0.15) is 0 Å². The number of carbonyl (C=O) groups excluding carboxylic acids is 2. The first-order chi connectivity index (χ1) is 13.0. The highest BCUT2D eigenvalue weighted by molar-refractivity contribution is 5.95. The van der Waals surface area contributed by atoms with Gasteiger partial charge < -0.3 is 10.2 Å². The maximum Gasteiger partial charge on any atom is 0.256 e. The van der Waals surface area contributed by atoms with Crippen LogP contribution in [-0.2, 0) is 11.2 Å². The molecule has 2 amide bonds. The van der Waals surface area contributed by atoms with Crippen LogP contribution in [0, 0.1) is 18.7 Å². The summed E-state index contributed by atoms with van der Waals surface area (Å²) in [6.07, 6.45) is 2.27. The first kappa shape index (κ1) is 19.1. The fourth-order valence-corrected chi connectivity index (χ4v) is 3.41. The summed E-state index contributed by atoms with van der Waals surface area (Å²) in [5.41, 5.74) is 2.46. The average Bonchev–Trinajstić information content (AvgIpc) is 2.69. The monoisotopic (exact) mass is 368 g/mol. The zero-order chi connectivity index (χ0) is 19.2. The number of rotatable bonds is 5. The van der Waals surface area contributed by atoms with Gasteiger partial charge in [-0.25, -0.2) is 4.39 Å². The van der Waals surface area contributed by atoms with Crippen LogP contribution in [0.5, 0.6) is 0 Å². The number of piperidine rings is 1. The van der Waals surface area contributed by atoms with Crippen molar-refractivity contribution in [2.45, 2.75) is 26.2 Å². The molecule has 0 unspecified atom stereocenters. The van der Waals surface area contributed by atoms with Gasteiger partial charge in [0.25, 0.3) is 5.91 Å². The quantitative estimate of drug-likeness (QED) is 0.880. The average molecular weight is 368 g/mol. The Morgan fingerprint density at radius 3 is 2.63 bits per heavy atom. The molecule has 1 aliphatic heterocycles. The summed E-state index contributed by atoms with van der Waals surface area (Å²) in [6, 6.07) is 14.2. The van der Waals surface area contributed by atoms with Gasteiger partial charge in [0.1, 0.15) is 5.82 Å². The van der Waals surface area contributed by atoms with Crippen molar-refractivity contribution in [1.82, 2.24) is 10.2 Å². The number of nitrogens with one attached hydrogen (secondary N) is 1. The number of aryl methyl sites for hydroxylation is 1. The summed E-state index contributed by atoms with van der Waals surface area (Å²) in [5.74, 6) is -1.14. The van der Waals surface area contributed by atoms with Crippen molar-refractivity contribution in [3.8, 4) is 0 Å². The highest BCUT2D eigenvalue weighted by Gasteiger charge is 2.29. The molecule has 5 heteroatoms. The molecular formula is C22H25FN2O2. The molecule has 27 heavy (non-hydrogen) atoms. The maximum absolute atomic E-state index is 13.9. The van der Waals surface area contributed by atoms with Crippen LogP contribution >= 0.6 is 0 Å². The lowest BCUT2D eigenvalue weighted by Crippen LogP contribution is -2.46. The number of carbonyl (C=O) groups is 2. The molecule has 4 nitrogen and oxygen atoms in total. The second-order valence-electron chi connectivity index (χ2n) is 7.10. The molecule has 2 aromatic rings. The van der Waals surface area contributed by atoms with Crippen molar-refractivity contribution >= 4 is 11.8 Å². The number of hydrogen-bond acceptors (Lipinski definition) is 2. The summed E-state index contributed by atoms with van der Waals surface area (Å²) in [5, 5.41) is 2.98. The number of amides is 2. The predicted molar refractivity (Wildman–Crippen MR) is 103 cm³/mol. The molecule has 1 N–H and O–H groups in total. The minimum Gasteiger partial charge on any atom is -0.355 e. The van der Waals surface area contributed by atoms with E-state index in [1.54, 1.807) is 17.0 Å². The summed E-state index contributed by atoms with van der Waals surface area (Å²) < 4.78 is 13.9. The van der Waals surface area contributed by atoms with Crippen LogP contribution in [0.25, 0.3) is 0 Å². The van der Waals surface area contributed by atoms with Crippen LogP contribution in [0.4, 0.5) is 4.39 Å². The van der Waals surface area contributed by atoms with Crippen molar-refractivity contribution in [1.29, 1.82) is 0 Å². The van der Waals surface area contributed by atoms with Crippen molar-refractivity contribution in [3.05, 3.63) is 71.0 Å². The first-order valence-corrected chi connectivity index (χ1v) is 9.41. The van der Waals surface area contributed by atoms with Gasteiger partial charge in [-0.15, -0.1) is 0 Å². The van der Waals surface area contributed by atoms with E-state index in [9.17, 15) is 14.0 Å². The van der Waals surface area contributed by atoms with Gasteiger partial charge in [-0.3, -0.25) is 9.59 Å². The van der Waals surface area contributed by atoms with Crippen molar-refractivity contribution < 1.29 is 14.0 Å². The van der Waals surface area contributed by atoms with E-state index < -0.39 is 5.82 Å². The summed E-state index contributed by atoms with van der Waals surface area (Å²) in [6.45, 7) is 3.51. The minimum atomic E-state index is -0.521. The van der Waals surface area contributed by atoms with E-state index in [-0.39, 0.29) is 23.3 Å². The molecular weight excluding hydrogens is 343 g/mol. The van der Waals surface area contributed by atoms with Crippen LogP contribution in [0.1, 0.15) is 34.3 Å². The predicted octanol–water partition coefficient (Wildman–Crippen LogP) is 3.35. The molecule has 1 atom stereocenters. The fraction of sp³-hybridized carbons (Fsp3) is 0.364. The Morgan fingerprint density at radius 1 is 1.15 bits per heavy atom. The number of benzene rings is 2. The lowest BCUT2D eigenvalue weighted by Gasteiger charge is -2.32. The molecule has 0 radical (unpaired) electrons. The molecule has 1 saturated heterocycles. The maximum atomic E-state index is 13.9. The van der Waals surface area contributed by atoms with Crippen LogP contribution in [0.3, 0.4) is 0 Å². The Bertz CT molecular complexity index is 804. The molecule has 0 aliphatic carbocycles. The van der Waals surface area contributed by atoms with Crippen molar-refractivity contribution in [2.24, 2.45) is 5.92 Å². The molecule has 142 valence electrons. The molecule has 1 heterocycles. The minimum absolute atomic E-state index is 0.0341. The molecule has 0 spiro atoms. The first-order valence-electron chi connectivity index (χ1n) is 9.41. The van der Waals surface area contributed by atoms with Gasteiger partial charge in [0, 0.05) is 19.6 Å². The van der Waals surface area contributed by atoms with E-state index in [4.69, 9.17) is 0 Å². The molecule has 0 aromatic heterocycles. The SMILES string of the molecule is Cc1ccc(CCNC(=O)[C@H]2CCCN(C(=O)c3ccccc3F)C2)cc1. The van der Waals surface area contributed by atoms with Gasteiger partial charge in [0.15, 0.2) is 0 Å². The van der Waals surface area contributed by atoms with Crippen molar-refractivity contribution in [2.75, 3.05) is 19.6 Å². The molecule has 0 saturated carbocycles. The Kier molecular flexibility index (Phi) is 6.22. The summed E-state index contributed by atoms with van der Waals surface area (Å²) in [7, 11) is 0. The number of halogens is 1. The summed E-state index contributed by atoms with van der Waals surface area (Å²) in [4.78, 5) is 26.6. The van der Waals surface area contributed by atoms with E-state index in [2.05, 4.69) is 29.6 Å². The number of nitrogens with zero attached hydrogens (tertiary/aromatic N) is 1. The van der Waals surface area contributed by atoms with Gasteiger partial charge in [-0.05, 0) is 43.9 Å². The Morgan fingerprint density at radius 2 is 1.89 bits per heavy atom. The lowest BCUT2D eigenvalue weighted by atomic mass is 9.96. The van der Waals surface area contributed by atoms with Gasteiger partial charge in [-0.1, -0.05) is 42.0 Å². The Labute approximate surface area is 159 Å². The Hall–Kier alpha value is -2.69. The second kappa shape index (κ2) is 8.80. The van der Waals surface area contributed by atoms with Gasteiger partial charge >= 0.3 is 0 Å². The van der Waals surface area contributed by atoms with Gasteiger partial charge in [0.05, 0.1) is 11.5 Å². The van der Waals surface area contributed by atoms with E-state index in [1.165, 1.54) is 23.3 Å². The third-order valence-electron chi connectivity index (χ3n) is 5.02. The summed E-state index contributed by atoms with van der Waals surface area (Å²) >= 11 is 0. The second-order valence-corrected chi connectivity index (χ2v) is 7.10. The fourth-order valence-electron chi connectivity index (χ4n) is 3.41. The van der Waals surface area contributed by atoms with E-state index in [1.807, 2.05) is 6.92 Å². The largest absolute Gasteiger partial charge is 0.355 e. The third kappa shape index (κ3) is 4.94. The zero-order valence-corrected chi connectivity index (χ0v) is 15.6. The molecule has 0 bridgehead atoms. The molecule has 3 rings (SSSR count). The van der Waals surface area contributed by atoms with Crippen LogP contribution in [-0.4, -0.2) is 36.3 Å². The molecule has 2 aromatic carbocycles. The molecule has 1 fully saturated rings. The zero-order valence-electron chi connectivity index (χ0n) is 15.6. The van der Waals surface area contributed by atoms with Crippen LogP contribution in [0.2, 0.25) is 0 Å². The number of hydrogen-bond donors (Lipinski definition) is 1. The third-order valence-corrected chi connectivity index (χ3v) is 5.02. The van der Waals surface area contributed by atoms with Crippen molar-refractivity contribution in [3.63, 3.8) is 0 Å². The van der Waals surface area contributed by atoms with E-state index in [0.29, 0.717) is 19.6 Å². The highest BCUT2D eigenvalue weighted by Crippen LogP contribution is 2.20. The number of likely N-dealkylation sites (tertiary alicyclic amines) is 1. The standard InChI is InChI=1S/C22H25FN2O2/c1-16-8-10-17(11-9-16)12-13-24-21(26)18-5-4-14-25(15-18)22(27)19-6-2-3-7-20(19)23/h2-3,6-11,18H,4-5,12-15H2,1H3,(H,24,26)/t18-/m0/s1. The normalized spacial score (nSPS) is 16.8. The highest BCUT2D eigenvalue weighted by atomic mass is 19.1. The Balaban J connectivity index is 1.52. The van der Waals surface area contributed by atoms with E-state index in [0.717, 1.165) is 19.3 Å². The topological polar surface area (TPSA) is 49.4 Å².